The van der Waals surface area contributed by atoms with Crippen LogP contribution in [0, 0.1) is 0 Å². The van der Waals surface area contributed by atoms with Crippen LogP contribution in [-0.4, -0.2) is 19.1 Å². The van der Waals surface area contributed by atoms with Gasteiger partial charge in [0.2, 0.25) is 0 Å². The summed E-state index contributed by atoms with van der Waals surface area (Å²) in [5.41, 5.74) is 11.3. The van der Waals surface area contributed by atoms with Crippen LogP contribution in [0.5, 0.6) is 0 Å². The van der Waals surface area contributed by atoms with Crippen LogP contribution in [-0.2, 0) is 24.2 Å². The number of nitrogens with one attached hydrogen (secondary N) is 1. The van der Waals surface area contributed by atoms with Crippen molar-refractivity contribution in [3.63, 3.8) is 0 Å². The molecule has 0 unspecified atom stereocenters. The first-order valence-corrected chi connectivity index (χ1v) is 9.62. The fourth-order valence-corrected chi connectivity index (χ4v) is 3.36. The first-order valence-electron chi connectivity index (χ1n) is 9.62. The van der Waals surface area contributed by atoms with Gasteiger partial charge >= 0.3 is 0 Å². The lowest BCUT2D eigenvalue weighted by molar-refractivity contribution is 0.117. The van der Waals surface area contributed by atoms with E-state index in [-0.39, 0.29) is 0 Å². The van der Waals surface area contributed by atoms with E-state index in [2.05, 4.69) is 40.6 Å². The minimum Gasteiger partial charge on any atom is -0.377 e. The SMILES string of the molecule is NC(=NCCCCOCc1ccccc1)Nc1cccc2c1CCCC2. The lowest BCUT2D eigenvalue weighted by atomic mass is 9.90. The van der Waals surface area contributed by atoms with Gasteiger partial charge in [-0.1, -0.05) is 42.5 Å². The van der Waals surface area contributed by atoms with E-state index < -0.39 is 0 Å². The van der Waals surface area contributed by atoms with Gasteiger partial charge in [-0.05, 0) is 61.3 Å². The Morgan fingerprint density at radius 1 is 1.00 bits per heavy atom. The molecule has 0 aliphatic heterocycles. The highest BCUT2D eigenvalue weighted by Gasteiger charge is 2.12. The molecule has 0 aromatic heterocycles. The number of nitrogens with two attached hydrogens (primary N) is 1. The molecule has 4 heteroatoms. The summed E-state index contributed by atoms with van der Waals surface area (Å²) in [4.78, 5) is 4.45. The predicted octanol–water partition coefficient (Wildman–Crippen LogP) is 4.29. The van der Waals surface area contributed by atoms with Crippen LogP contribution in [0.25, 0.3) is 0 Å². The number of anilines is 1. The summed E-state index contributed by atoms with van der Waals surface area (Å²) in [5, 5.41) is 3.29. The molecule has 138 valence electrons. The third-order valence-corrected chi connectivity index (χ3v) is 4.75. The van der Waals surface area contributed by atoms with E-state index in [1.807, 2.05) is 18.2 Å². The molecule has 1 aliphatic carbocycles. The van der Waals surface area contributed by atoms with Gasteiger partial charge in [-0.25, -0.2) is 0 Å². The zero-order valence-corrected chi connectivity index (χ0v) is 15.4. The molecule has 0 amide bonds. The van der Waals surface area contributed by atoms with E-state index in [4.69, 9.17) is 10.5 Å². The van der Waals surface area contributed by atoms with Gasteiger partial charge in [0.1, 0.15) is 0 Å². The molecule has 0 bridgehead atoms. The molecule has 0 saturated carbocycles. The summed E-state index contributed by atoms with van der Waals surface area (Å²) in [6.07, 6.45) is 6.81. The van der Waals surface area contributed by atoms with Crippen molar-refractivity contribution < 1.29 is 4.74 Å². The van der Waals surface area contributed by atoms with E-state index >= 15 is 0 Å². The van der Waals surface area contributed by atoms with Gasteiger partial charge < -0.3 is 15.8 Å². The Kier molecular flexibility index (Phi) is 7.08. The Hall–Kier alpha value is -2.33. The van der Waals surface area contributed by atoms with Crippen molar-refractivity contribution in [2.24, 2.45) is 10.7 Å². The van der Waals surface area contributed by atoms with Crippen LogP contribution in [0.4, 0.5) is 5.69 Å². The minimum atomic E-state index is 0.508. The summed E-state index contributed by atoms with van der Waals surface area (Å²) < 4.78 is 5.69. The fraction of sp³-hybridized carbons (Fsp3) is 0.409. The Labute approximate surface area is 156 Å². The predicted molar refractivity (Wildman–Crippen MR) is 109 cm³/mol. The second-order valence-corrected chi connectivity index (χ2v) is 6.79. The third kappa shape index (κ3) is 5.60. The molecular formula is C22H29N3O. The number of unbranched alkanes of at least 4 members (excludes halogenated alkanes) is 1. The molecule has 26 heavy (non-hydrogen) atoms. The van der Waals surface area contributed by atoms with Crippen LogP contribution in [0.3, 0.4) is 0 Å². The van der Waals surface area contributed by atoms with Crippen molar-refractivity contribution in [1.29, 1.82) is 0 Å². The maximum absolute atomic E-state index is 6.06. The minimum absolute atomic E-state index is 0.508. The van der Waals surface area contributed by atoms with E-state index in [1.165, 1.54) is 36.0 Å². The average Bonchev–Trinajstić information content (AvgIpc) is 2.68. The highest BCUT2D eigenvalue weighted by atomic mass is 16.5. The first-order chi connectivity index (χ1) is 12.8. The maximum Gasteiger partial charge on any atom is 0.193 e. The van der Waals surface area contributed by atoms with Crippen LogP contribution < -0.4 is 11.1 Å². The Morgan fingerprint density at radius 3 is 2.73 bits per heavy atom. The highest BCUT2D eigenvalue weighted by molar-refractivity contribution is 5.93. The number of ether oxygens (including phenoxy) is 1. The van der Waals surface area contributed by atoms with Crippen molar-refractivity contribution in [2.45, 2.75) is 45.1 Å². The maximum atomic E-state index is 6.06. The Morgan fingerprint density at radius 2 is 1.85 bits per heavy atom. The summed E-state index contributed by atoms with van der Waals surface area (Å²) in [7, 11) is 0. The lowest BCUT2D eigenvalue weighted by Gasteiger charge is -2.19. The van der Waals surface area contributed by atoms with Crippen LogP contribution in [0.1, 0.15) is 42.4 Å². The normalized spacial score (nSPS) is 14.1. The van der Waals surface area contributed by atoms with E-state index in [1.54, 1.807) is 0 Å². The topological polar surface area (TPSA) is 59.6 Å². The van der Waals surface area contributed by atoms with Gasteiger partial charge in [0, 0.05) is 18.8 Å². The Bertz CT molecular complexity index is 713. The van der Waals surface area contributed by atoms with Crippen molar-refractivity contribution in [3.05, 3.63) is 65.2 Å². The number of guanidine groups is 1. The molecule has 1 aliphatic rings. The van der Waals surface area contributed by atoms with Gasteiger partial charge in [0.15, 0.2) is 5.96 Å². The van der Waals surface area contributed by atoms with Crippen molar-refractivity contribution in [3.8, 4) is 0 Å². The van der Waals surface area contributed by atoms with E-state index in [9.17, 15) is 0 Å². The molecule has 3 N–H and O–H groups in total. The molecule has 0 atom stereocenters. The number of aliphatic imine (C=N–C) groups is 1. The quantitative estimate of drug-likeness (QED) is 0.424. The first kappa shape index (κ1) is 18.5. The second-order valence-electron chi connectivity index (χ2n) is 6.79. The van der Waals surface area contributed by atoms with Crippen molar-refractivity contribution in [1.82, 2.24) is 0 Å². The summed E-state index contributed by atoms with van der Waals surface area (Å²) in [6.45, 7) is 2.15. The molecular weight excluding hydrogens is 322 g/mol. The molecule has 0 heterocycles. The number of hydrogen-bond donors (Lipinski definition) is 2. The van der Waals surface area contributed by atoms with Gasteiger partial charge in [-0.15, -0.1) is 0 Å². The number of aryl methyl sites for hydroxylation is 1. The molecule has 3 rings (SSSR count). The zero-order chi connectivity index (χ0) is 18.0. The second kappa shape index (κ2) is 9.97. The number of hydrogen-bond acceptors (Lipinski definition) is 2. The zero-order valence-electron chi connectivity index (χ0n) is 15.4. The van der Waals surface area contributed by atoms with Crippen LogP contribution in [0.2, 0.25) is 0 Å². The van der Waals surface area contributed by atoms with Gasteiger partial charge in [0.05, 0.1) is 6.61 Å². The van der Waals surface area contributed by atoms with Crippen LogP contribution >= 0.6 is 0 Å². The molecule has 4 nitrogen and oxygen atoms in total. The number of rotatable bonds is 8. The van der Waals surface area contributed by atoms with Crippen molar-refractivity contribution in [2.75, 3.05) is 18.5 Å². The van der Waals surface area contributed by atoms with Gasteiger partial charge in [-0.3, -0.25) is 4.99 Å². The summed E-state index contributed by atoms with van der Waals surface area (Å²) in [5.74, 6) is 0.508. The van der Waals surface area contributed by atoms with E-state index in [0.29, 0.717) is 12.6 Å². The highest BCUT2D eigenvalue weighted by Crippen LogP contribution is 2.27. The van der Waals surface area contributed by atoms with Crippen LogP contribution in [0.15, 0.2) is 53.5 Å². The molecule has 0 spiro atoms. The molecule has 2 aromatic rings. The van der Waals surface area contributed by atoms with Gasteiger partial charge in [0.25, 0.3) is 0 Å². The molecule has 0 saturated heterocycles. The average molecular weight is 351 g/mol. The number of fused-ring (bicyclic) bond motifs is 1. The molecule has 2 aromatic carbocycles. The summed E-state index contributed by atoms with van der Waals surface area (Å²) in [6, 6.07) is 16.7. The van der Waals surface area contributed by atoms with E-state index in [0.717, 1.165) is 38.1 Å². The smallest absolute Gasteiger partial charge is 0.193 e. The molecule has 0 radical (unpaired) electrons. The monoisotopic (exact) mass is 351 g/mol. The van der Waals surface area contributed by atoms with Gasteiger partial charge in [-0.2, -0.15) is 0 Å². The summed E-state index contributed by atoms with van der Waals surface area (Å²) >= 11 is 0. The number of nitrogens with zero attached hydrogens (tertiary/aromatic N) is 1. The standard InChI is InChI=1S/C22H29N3O/c23-22(25-21-14-8-12-19-11-4-5-13-20(19)21)24-15-6-7-16-26-17-18-9-2-1-3-10-18/h1-3,8-10,12,14H,4-7,11,13,15-17H2,(H3,23,24,25). The van der Waals surface area contributed by atoms with Crippen molar-refractivity contribution >= 4 is 11.6 Å². The third-order valence-electron chi connectivity index (χ3n) is 4.75. The largest absolute Gasteiger partial charge is 0.377 e. The number of benzene rings is 2. The Balaban J connectivity index is 1.35. The molecule has 0 fully saturated rings. The fourth-order valence-electron chi connectivity index (χ4n) is 3.36. The lowest BCUT2D eigenvalue weighted by Crippen LogP contribution is -2.24.